The van der Waals surface area contributed by atoms with Crippen LogP contribution in [0, 0.1) is 18.3 Å². The van der Waals surface area contributed by atoms with Gasteiger partial charge in [-0.1, -0.05) is 41.9 Å². The maximum absolute atomic E-state index is 10.1. The average Bonchev–Trinajstić information content (AvgIpc) is 3.21. The number of β-amino-alcohol motifs (C(OH)–C–C–N with tert-alkyl or cyclic N) is 1. The Labute approximate surface area is 198 Å². The molecule has 2 aromatic heterocycles. The fraction of sp³-hybridized carbons (Fsp3) is 0.308. The quantitative estimate of drug-likeness (QED) is 0.488. The van der Waals surface area contributed by atoms with Gasteiger partial charge < -0.3 is 10.0 Å². The summed E-state index contributed by atoms with van der Waals surface area (Å²) in [6.07, 6.45) is 0.634. The number of nitrogens with zero attached hydrogens (tertiary/aromatic N) is 5. The van der Waals surface area contributed by atoms with Crippen LogP contribution < -0.4 is 4.90 Å². The van der Waals surface area contributed by atoms with E-state index in [1.165, 1.54) is 0 Å². The van der Waals surface area contributed by atoms with Crippen LogP contribution in [0.5, 0.6) is 0 Å². The zero-order chi connectivity index (χ0) is 22.9. The molecule has 6 nitrogen and oxygen atoms in total. The molecule has 1 fully saturated rings. The largest absolute Gasteiger partial charge is 0.395 e. The second-order valence-corrected chi connectivity index (χ2v) is 8.90. The summed E-state index contributed by atoms with van der Waals surface area (Å²) >= 11 is 6.56. The molecule has 0 aliphatic carbocycles. The number of benzene rings is 2. The van der Waals surface area contributed by atoms with E-state index in [-0.39, 0.29) is 6.61 Å². The highest BCUT2D eigenvalue weighted by Gasteiger charge is 2.27. The van der Waals surface area contributed by atoms with Gasteiger partial charge in [0.1, 0.15) is 11.9 Å². The maximum atomic E-state index is 10.1. The highest BCUT2D eigenvalue weighted by molar-refractivity contribution is 6.31. The van der Waals surface area contributed by atoms with Gasteiger partial charge in [0.25, 0.3) is 0 Å². The van der Waals surface area contributed by atoms with Crippen molar-refractivity contribution >= 4 is 34.1 Å². The summed E-state index contributed by atoms with van der Waals surface area (Å²) in [5.74, 6) is 1.08. The van der Waals surface area contributed by atoms with Crippen LogP contribution in [-0.4, -0.2) is 58.7 Å². The summed E-state index contributed by atoms with van der Waals surface area (Å²) in [5.41, 5.74) is 6.28. The molecule has 0 bridgehead atoms. The summed E-state index contributed by atoms with van der Waals surface area (Å²) in [7, 11) is 0. The average molecular weight is 460 g/mol. The number of nitriles is 1. The number of aliphatic hydroxyl groups excluding tert-OH is 1. The minimum absolute atomic E-state index is 0.171. The Morgan fingerprint density at radius 3 is 2.52 bits per heavy atom. The number of rotatable bonds is 5. The molecule has 1 N–H and O–H groups in total. The van der Waals surface area contributed by atoms with Gasteiger partial charge in [-0.05, 0) is 36.2 Å². The van der Waals surface area contributed by atoms with Crippen LogP contribution in [0.15, 0.2) is 48.5 Å². The number of aliphatic hydroxyl groups is 1. The van der Waals surface area contributed by atoms with Gasteiger partial charge in [-0.2, -0.15) is 5.26 Å². The highest BCUT2D eigenvalue weighted by Crippen LogP contribution is 2.36. The number of imidazole rings is 1. The Bertz CT molecular complexity index is 1360. The minimum atomic E-state index is 0.171. The lowest BCUT2D eigenvalue weighted by atomic mass is 9.97. The van der Waals surface area contributed by atoms with Gasteiger partial charge in [0.15, 0.2) is 5.65 Å². The molecule has 0 atom stereocenters. The Morgan fingerprint density at radius 1 is 1.06 bits per heavy atom. The molecule has 0 amide bonds. The fourth-order valence-electron chi connectivity index (χ4n) is 4.86. The van der Waals surface area contributed by atoms with E-state index >= 15 is 0 Å². The highest BCUT2D eigenvalue weighted by atomic mass is 35.5. The second kappa shape index (κ2) is 9.03. The van der Waals surface area contributed by atoms with Crippen molar-refractivity contribution in [1.82, 2.24) is 14.3 Å². The van der Waals surface area contributed by atoms with Crippen LogP contribution in [-0.2, 0) is 6.42 Å². The molecule has 0 spiro atoms. The molecular formula is C26H26ClN5O. The predicted octanol–water partition coefficient (Wildman–Crippen LogP) is 4.03. The monoisotopic (exact) mass is 459 g/mol. The SMILES string of the molecule is Cc1c(Cc2ccccc2Cl)c(N2CCN(CCO)CC2)n2c(nc3ccccc32)c1C#N. The van der Waals surface area contributed by atoms with E-state index in [0.29, 0.717) is 24.2 Å². The molecule has 4 aromatic rings. The number of para-hydroxylation sites is 2. The zero-order valence-electron chi connectivity index (χ0n) is 18.6. The van der Waals surface area contributed by atoms with Crippen molar-refractivity contribution < 1.29 is 5.11 Å². The maximum Gasteiger partial charge on any atom is 0.157 e. The number of aromatic nitrogens is 2. The molecule has 2 aromatic carbocycles. The van der Waals surface area contributed by atoms with Crippen molar-refractivity contribution in [3.63, 3.8) is 0 Å². The molecule has 168 valence electrons. The number of halogens is 1. The van der Waals surface area contributed by atoms with Crippen LogP contribution in [0.2, 0.25) is 5.02 Å². The molecule has 0 radical (unpaired) electrons. The molecule has 1 saturated heterocycles. The first-order valence-electron chi connectivity index (χ1n) is 11.3. The van der Waals surface area contributed by atoms with Gasteiger partial charge in [0.2, 0.25) is 0 Å². The molecular weight excluding hydrogens is 434 g/mol. The van der Waals surface area contributed by atoms with Crippen molar-refractivity contribution in [1.29, 1.82) is 5.26 Å². The third-order valence-corrected chi connectivity index (χ3v) is 6.99. The number of piperazine rings is 1. The second-order valence-electron chi connectivity index (χ2n) is 8.49. The Hall–Kier alpha value is -3.11. The standard InChI is InChI=1S/C26H26ClN5O/c1-18-20(16-19-6-2-3-7-22(19)27)26(31-12-10-30(11-13-31)14-15-33)32-24-9-5-4-8-23(24)29-25(32)21(18)17-28/h2-9,33H,10-16H2,1H3. The van der Waals surface area contributed by atoms with Crippen LogP contribution in [0.1, 0.15) is 22.3 Å². The van der Waals surface area contributed by atoms with Crippen molar-refractivity contribution in [2.75, 3.05) is 44.2 Å². The third kappa shape index (κ3) is 3.83. The van der Waals surface area contributed by atoms with E-state index in [0.717, 1.165) is 64.7 Å². The lowest BCUT2D eigenvalue weighted by Gasteiger charge is -2.37. The molecule has 1 aliphatic heterocycles. The van der Waals surface area contributed by atoms with Crippen molar-refractivity contribution in [2.24, 2.45) is 0 Å². The van der Waals surface area contributed by atoms with E-state index < -0.39 is 0 Å². The van der Waals surface area contributed by atoms with Crippen LogP contribution in [0.3, 0.4) is 0 Å². The minimum Gasteiger partial charge on any atom is -0.395 e. The van der Waals surface area contributed by atoms with E-state index in [4.69, 9.17) is 16.6 Å². The van der Waals surface area contributed by atoms with Crippen molar-refractivity contribution in [2.45, 2.75) is 13.3 Å². The number of hydrogen-bond donors (Lipinski definition) is 1. The number of hydrogen-bond acceptors (Lipinski definition) is 5. The molecule has 3 heterocycles. The van der Waals surface area contributed by atoms with Gasteiger partial charge >= 0.3 is 0 Å². The van der Waals surface area contributed by atoms with E-state index in [1.54, 1.807) is 0 Å². The normalized spacial score (nSPS) is 14.8. The molecule has 5 rings (SSSR count). The lowest BCUT2D eigenvalue weighted by Crippen LogP contribution is -2.48. The third-order valence-electron chi connectivity index (χ3n) is 6.62. The van der Waals surface area contributed by atoms with Gasteiger partial charge in [0.05, 0.1) is 23.2 Å². The summed E-state index contributed by atoms with van der Waals surface area (Å²) < 4.78 is 2.16. The Kier molecular flexibility index (Phi) is 5.94. The smallest absolute Gasteiger partial charge is 0.157 e. The van der Waals surface area contributed by atoms with E-state index in [2.05, 4.69) is 26.3 Å². The molecule has 7 heteroatoms. The first-order valence-corrected chi connectivity index (χ1v) is 11.6. The topological polar surface area (TPSA) is 67.8 Å². The zero-order valence-corrected chi connectivity index (χ0v) is 19.4. The first kappa shape index (κ1) is 21.7. The fourth-order valence-corrected chi connectivity index (χ4v) is 5.07. The number of anilines is 1. The summed E-state index contributed by atoms with van der Waals surface area (Å²) in [6, 6.07) is 18.4. The van der Waals surface area contributed by atoms with Crippen LogP contribution in [0.25, 0.3) is 16.7 Å². The van der Waals surface area contributed by atoms with Crippen molar-refractivity contribution in [3.8, 4) is 6.07 Å². The number of fused-ring (bicyclic) bond motifs is 3. The number of pyridine rings is 1. The van der Waals surface area contributed by atoms with Crippen LogP contribution in [0.4, 0.5) is 5.82 Å². The Morgan fingerprint density at radius 2 is 1.79 bits per heavy atom. The summed E-state index contributed by atoms with van der Waals surface area (Å²) in [4.78, 5) is 9.54. The lowest BCUT2D eigenvalue weighted by molar-refractivity contribution is 0.188. The van der Waals surface area contributed by atoms with E-state index in [1.807, 2.05) is 49.4 Å². The predicted molar refractivity (Wildman–Crippen MR) is 132 cm³/mol. The molecule has 0 unspecified atom stereocenters. The van der Waals surface area contributed by atoms with Gasteiger partial charge in [0, 0.05) is 49.7 Å². The molecule has 33 heavy (non-hydrogen) atoms. The van der Waals surface area contributed by atoms with Crippen LogP contribution >= 0.6 is 11.6 Å². The first-order chi connectivity index (χ1) is 16.1. The summed E-state index contributed by atoms with van der Waals surface area (Å²) in [6.45, 7) is 6.30. The molecule has 0 saturated carbocycles. The van der Waals surface area contributed by atoms with Gasteiger partial charge in [-0.15, -0.1) is 0 Å². The van der Waals surface area contributed by atoms with Gasteiger partial charge in [-0.25, -0.2) is 4.98 Å². The van der Waals surface area contributed by atoms with E-state index in [9.17, 15) is 10.4 Å². The van der Waals surface area contributed by atoms with Crippen molar-refractivity contribution in [3.05, 3.63) is 75.8 Å². The Balaban J connectivity index is 1.76. The van der Waals surface area contributed by atoms with Gasteiger partial charge in [-0.3, -0.25) is 9.30 Å². The molecule has 1 aliphatic rings. The summed E-state index contributed by atoms with van der Waals surface area (Å²) in [5, 5.41) is 20.2.